The topological polar surface area (TPSA) is 12.0 Å². The van der Waals surface area contributed by atoms with Crippen LogP contribution in [0.15, 0.2) is 24.3 Å². The van der Waals surface area contributed by atoms with Gasteiger partial charge in [0.05, 0.1) is 0 Å². The van der Waals surface area contributed by atoms with Crippen LogP contribution in [-0.4, -0.2) is 13.1 Å². The van der Waals surface area contributed by atoms with Crippen LogP contribution < -0.4 is 5.32 Å². The van der Waals surface area contributed by atoms with E-state index in [9.17, 15) is 4.39 Å². The van der Waals surface area contributed by atoms with E-state index in [-0.39, 0.29) is 5.82 Å². The highest BCUT2D eigenvalue weighted by Gasteiger charge is 2.28. The zero-order valence-electron chi connectivity index (χ0n) is 10.0. The van der Waals surface area contributed by atoms with Gasteiger partial charge in [-0.1, -0.05) is 26.0 Å². The molecule has 1 nitrogen and oxygen atoms in total. The summed E-state index contributed by atoms with van der Waals surface area (Å²) in [5.74, 6) is 1.67. The lowest BCUT2D eigenvalue weighted by Gasteiger charge is -2.35. The van der Waals surface area contributed by atoms with Gasteiger partial charge in [-0.15, -0.1) is 0 Å². The largest absolute Gasteiger partial charge is 0.316 e. The lowest BCUT2D eigenvalue weighted by atomic mass is 9.75. The monoisotopic (exact) mass is 221 g/mol. The molecular formula is C14H20FN. The Morgan fingerprint density at radius 1 is 1.38 bits per heavy atom. The average molecular weight is 221 g/mol. The Bertz CT molecular complexity index is 348. The molecule has 1 fully saturated rings. The predicted molar refractivity (Wildman–Crippen MR) is 65.0 cm³/mol. The van der Waals surface area contributed by atoms with Crippen molar-refractivity contribution in [2.24, 2.45) is 11.8 Å². The molecule has 0 radical (unpaired) electrons. The quantitative estimate of drug-likeness (QED) is 0.808. The van der Waals surface area contributed by atoms with Crippen LogP contribution in [0.2, 0.25) is 0 Å². The Balaban J connectivity index is 2.23. The number of rotatable bonds is 2. The van der Waals surface area contributed by atoms with Gasteiger partial charge in [-0.25, -0.2) is 4.39 Å². The third kappa shape index (κ3) is 2.43. The molecular weight excluding hydrogens is 201 g/mol. The average Bonchev–Trinajstić information content (AvgIpc) is 2.29. The third-order valence-corrected chi connectivity index (χ3v) is 3.67. The number of piperidine rings is 1. The van der Waals surface area contributed by atoms with Crippen LogP contribution >= 0.6 is 0 Å². The Kier molecular flexibility index (Phi) is 3.59. The van der Waals surface area contributed by atoms with Gasteiger partial charge in [-0.05, 0) is 48.4 Å². The van der Waals surface area contributed by atoms with E-state index in [0.717, 1.165) is 18.7 Å². The van der Waals surface area contributed by atoms with Crippen LogP contribution in [0.4, 0.5) is 4.39 Å². The molecule has 1 aromatic rings. The molecule has 0 amide bonds. The summed E-state index contributed by atoms with van der Waals surface area (Å²) in [7, 11) is 0. The van der Waals surface area contributed by atoms with E-state index in [1.165, 1.54) is 12.5 Å². The lowest BCUT2D eigenvalue weighted by Crippen LogP contribution is -2.37. The molecule has 1 aliphatic rings. The minimum atomic E-state index is -0.120. The van der Waals surface area contributed by atoms with E-state index in [4.69, 9.17) is 0 Å². The second-order valence-electron chi connectivity index (χ2n) is 5.06. The predicted octanol–water partition coefficient (Wildman–Crippen LogP) is 3.17. The Hall–Kier alpha value is -0.890. The molecule has 0 aromatic heterocycles. The maximum absolute atomic E-state index is 13.2. The van der Waals surface area contributed by atoms with Crippen LogP contribution in [0.25, 0.3) is 0 Å². The van der Waals surface area contributed by atoms with Crippen LogP contribution in [0.5, 0.6) is 0 Å². The van der Waals surface area contributed by atoms with Crippen LogP contribution in [0, 0.1) is 17.7 Å². The molecule has 2 rings (SSSR count). The van der Waals surface area contributed by atoms with Gasteiger partial charge in [-0.3, -0.25) is 0 Å². The Morgan fingerprint density at radius 2 is 2.19 bits per heavy atom. The normalized spacial score (nSPS) is 26.0. The highest BCUT2D eigenvalue weighted by molar-refractivity contribution is 5.22. The molecule has 1 saturated heterocycles. The summed E-state index contributed by atoms with van der Waals surface area (Å²) in [5.41, 5.74) is 1.14. The summed E-state index contributed by atoms with van der Waals surface area (Å²) in [4.78, 5) is 0. The minimum absolute atomic E-state index is 0.120. The first-order valence-electron chi connectivity index (χ1n) is 6.14. The van der Waals surface area contributed by atoms with Crippen LogP contribution in [0.1, 0.15) is 31.7 Å². The van der Waals surface area contributed by atoms with Gasteiger partial charge in [0.2, 0.25) is 0 Å². The van der Waals surface area contributed by atoms with Crippen molar-refractivity contribution >= 4 is 0 Å². The molecule has 0 aliphatic carbocycles. The molecule has 1 heterocycles. The molecule has 2 unspecified atom stereocenters. The van der Waals surface area contributed by atoms with Gasteiger partial charge in [0.1, 0.15) is 5.82 Å². The van der Waals surface area contributed by atoms with Gasteiger partial charge >= 0.3 is 0 Å². The first-order valence-corrected chi connectivity index (χ1v) is 6.14. The molecule has 1 aliphatic heterocycles. The fourth-order valence-electron chi connectivity index (χ4n) is 2.78. The number of hydrogen-bond donors (Lipinski definition) is 1. The molecule has 1 N–H and O–H groups in total. The second-order valence-corrected chi connectivity index (χ2v) is 5.06. The molecule has 0 bridgehead atoms. The maximum Gasteiger partial charge on any atom is 0.123 e. The van der Waals surface area contributed by atoms with E-state index in [0.29, 0.717) is 17.8 Å². The highest BCUT2D eigenvalue weighted by Crippen LogP contribution is 2.34. The van der Waals surface area contributed by atoms with Crippen molar-refractivity contribution in [3.63, 3.8) is 0 Å². The van der Waals surface area contributed by atoms with E-state index in [1.54, 1.807) is 6.07 Å². The van der Waals surface area contributed by atoms with Crippen molar-refractivity contribution in [1.29, 1.82) is 0 Å². The van der Waals surface area contributed by atoms with Crippen molar-refractivity contribution in [2.75, 3.05) is 13.1 Å². The van der Waals surface area contributed by atoms with E-state index in [1.807, 2.05) is 6.07 Å². The zero-order chi connectivity index (χ0) is 11.5. The molecule has 16 heavy (non-hydrogen) atoms. The molecule has 0 saturated carbocycles. The van der Waals surface area contributed by atoms with Crippen molar-refractivity contribution in [3.8, 4) is 0 Å². The summed E-state index contributed by atoms with van der Waals surface area (Å²) in [6, 6.07) is 7.07. The van der Waals surface area contributed by atoms with Gasteiger partial charge in [0.15, 0.2) is 0 Å². The molecule has 1 aromatic carbocycles. The number of nitrogens with one attached hydrogen (secondary N) is 1. The van der Waals surface area contributed by atoms with Gasteiger partial charge in [0, 0.05) is 6.54 Å². The van der Waals surface area contributed by atoms with E-state index in [2.05, 4.69) is 25.2 Å². The number of hydrogen-bond acceptors (Lipinski definition) is 1. The second kappa shape index (κ2) is 4.96. The molecule has 2 heteroatoms. The molecule has 2 atom stereocenters. The van der Waals surface area contributed by atoms with Crippen molar-refractivity contribution in [1.82, 2.24) is 5.32 Å². The molecule has 0 spiro atoms. The SMILES string of the molecule is CC(C)C1CCNCC1c1cccc(F)c1. The Labute approximate surface area is 97.1 Å². The first-order chi connectivity index (χ1) is 7.68. The van der Waals surface area contributed by atoms with Crippen molar-refractivity contribution in [2.45, 2.75) is 26.2 Å². The van der Waals surface area contributed by atoms with Gasteiger partial charge < -0.3 is 5.32 Å². The molecule has 88 valence electrons. The summed E-state index contributed by atoms with van der Waals surface area (Å²) >= 11 is 0. The minimum Gasteiger partial charge on any atom is -0.316 e. The summed E-state index contributed by atoms with van der Waals surface area (Å²) < 4.78 is 13.2. The first kappa shape index (κ1) is 11.6. The summed E-state index contributed by atoms with van der Waals surface area (Å²) in [6.45, 7) is 6.60. The number of benzene rings is 1. The number of halogens is 1. The fourth-order valence-corrected chi connectivity index (χ4v) is 2.78. The van der Waals surface area contributed by atoms with Crippen molar-refractivity contribution < 1.29 is 4.39 Å². The third-order valence-electron chi connectivity index (χ3n) is 3.67. The Morgan fingerprint density at radius 3 is 2.88 bits per heavy atom. The standard InChI is InChI=1S/C14H20FN/c1-10(2)13-6-7-16-9-14(13)11-4-3-5-12(15)8-11/h3-5,8,10,13-14,16H,6-7,9H2,1-2H3. The van der Waals surface area contributed by atoms with Crippen molar-refractivity contribution in [3.05, 3.63) is 35.6 Å². The fraction of sp³-hybridized carbons (Fsp3) is 0.571. The smallest absolute Gasteiger partial charge is 0.123 e. The highest BCUT2D eigenvalue weighted by atomic mass is 19.1. The zero-order valence-corrected chi connectivity index (χ0v) is 10.0. The van der Waals surface area contributed by atoms with E-state index < -0.39 is 0 Å². The lowest BCUT2D eigenvalue weighted by molar-refractivity contribution is 0.251. The van der Waals surface area contributed by atoms with E-state index >= 15 is 0 Å². The summed E-state index contributed by atoms with van der Waals surface area (Å²) in [6.07, 6.45) is 1.19. The van der Waals surface area contributed by atoms with Crippen LogP contribution in [0.3, 0.4) is 0 Å². The van der Waals surface area contributed by atoms with Gasteiger partial charge in [-0.2, -0.15) is 0 Å². The summed E-state index contributed by atoms with van der Waals surface area (Å²) in [5, 5.41) is 3.42. The maximum atomic E-state index is 13.2. The van der Waals surface area contributed by atoms with Gasteiger partial charge in [0.25, 0.3) is 0 Å². The van der Waals surface area contributed by atoms with Crippen LogP contribution in [-0.2, 0) is 0 Å².